The second-order valence-corrected chi connectivity index (χ2v) is 8.81. The molecule has 170 valence electrons. The van der Waals surface area contributed by atoms with Crippen molar-refractivity contribution in [2.75, 3.05) is 26.8 Å². The number of carbonyl (C=O) groups excluding carboxylic acids is 2. The number of Topliss-reactive ketones (excluding diaryl/α,β-unsaturated/α-hetero) is 1. The Kier molecular flexibility index (Phi) is 8.34. The minimum absolute atomic E-state index is 0.0353. The van der Waals surface area contributed by atoms with E-state index in [-0.39, 0.29) is 17.6 Å². The van der Waals surface area contributed by atoms with Gasteiger partial charge in [0.05, 0.1) is 18.7 Å². The largest absolute Gasteiger partial charge is 0.493 e. The first-order valence-corrected chi connectivity index (χ1v) is 11.3. The maximum absolute atomic E-state index is 12.7. The Hall–Kier alpha value is -2.79. The normalized spacial score (nSPS) is 14.7. The summed E-state index contributed by atoms with van der Waals surface area (Å²) in [4.78, 5) is 27.1. The zero-order valence-corrected chi connectivity index (χ0v) is 19.6. The zero-order valence-electron chi connectivity index (χ0n) is 18.8. The third kappa shape index (κ3) is 6.13. The van der Waals surface area contributed by atoms with Crippen LogP contribution in [-0.4, -0.2) is 43.4 Å². The molecule has 6 heteroatoms. The Labute approximate surface area is 195 Å². The van der Waals surface area contributed by atoms with Crippen LogP contribution in [0.2, 0.25) is 5.02 Å². The average molecular weight is 456 g/mol. The highest BCUT2D eigenvalue weighted by Crippen LogP contribution is 2.37. The summed E-state index contributed by atoms with van der Waals surface area (Å²) in [5.74, 6) is 1.45. The topological polar surface area (TPSA) is 55.8 Å². The first-order chi connectivity index (χ1) is 15.4. The van der Waals surface area contributed by atoms with Crippen molar-refractivity contribution < 1.29 is 19.1 Å². The lowest BCUT2D eigenvalue weighted by Crippen LogP contribution is -2.39. The van der Waals surface area contributed by atoms with Gasteiger partial charge in [0.25, 0.3) is 0 Å². The quantitative estimate of drug-likeness (QED) is 0.388. The van der Waals surface area contributed by atoms with Gasteiger partial charge in [0.1, 0.15) is 0 Å². The number of methoxy groups -OCH3 is 1. The summed E-state index contributed by atoms with van der Waals surface area (Å²) in [7, 11) is 1.56. The number of benzene rings is 2. The van der Waals surface area contributed by atoms with E-state index in [0.717, 1.165) is 11.1 Å². The Morgan fingerprint density at radius 3 is 2.47 bits per heavy atom. The fourth-order valence-electron chi connectivity index (χ4n) is 3.70. The molecule has 5 nitrogen and oxygen atoms in total. The number of carbonyl (C=O) groups is 2. The molecule has 0 unspecified atom stereocenters. The van der Waals surface area contributed by atoms with Crippen LogP contribution in [0.4, 0.5) is 0 Å². The molecule has 1 amide bonds. The molecule has 1 fully saturated rings. The Morgan fingerprint density at radius 2 is 1.84 bits per heavy atom. The molecule has 2 aromatic rings. The molecule has 0 aliphatic carbocycles. The summed E-state index contributed by atoms with van der Waals surface area (Å²) in [5, 5.41) is 0.442. The highest BCUT2D eigenvalue weighted by molar-refractivity contribution is 6.32. The molecule has 1 aliphatic heterocycles. The lowest BCUT2D eigenvalue weighted by atomic mass is 9.89. The van der Waals surface area contributed by atoms with E-state index in [4.69, 9.17) is 21.1 Å². The van der Waals surface area contributed by atoms with Gasteiger partial charge in [0.2, 0.25) is 5.91 Å². The van der Waals surface area contributed by atoms with Crippen molar-refractivity contribution in [3.8, 4) is 11.5 Å². The smallest absolute Gasteiger partial charge is 0.246 e. The molecule has 3 rings (SSSR count). The summed E-state index contributed by atoms with van der Waals surface area (Å²) in [6.45, 7) is 5.79. The SMILES string of the molecule is COc1cc(/C=C/C(=O)N2CCC(C(=O)c3ccccc3)CC2)cc(Cl)c1OCC(C)C. The maximum Gasteiger partial charge on any atom is 0.246 e. The van der Waals surface area contributed by atoms with Crippen LogP contribution in [-0.2, 0) is 4.79 Å². The molecule has 0 bridgehead atoms. The Morgan fingerprint density at radius 1 is 1.16 bits per heavy atom. The van der Waals surface area contributed by atoms with Crippen LogP contribution in [0.3, 0.4) is 0 Å². The predicted octanol–water partition coefficient (Wildman–Crippen LogP) is 5.52. The van der Waals surface area contributed by atoms with Gasteiger partial charge in [-0.1, -0.05) is 55.8 Å². The lowest BCUT2D eigenvalue weighted by Gasteiger charge is -2.30. The van der Waals surface area contributed by atoms with Gasteiger partial charge >= 0.3 is 0 Å². The second-order valence-electron chi connectivity index (χ2n) is 8.40. The molecular formula is C26H30ClNO4. The molecular weight excluding hydrogens is 426 g/mol. The highest BCUT2D eigenvalue weighted by atomic mass is 35.5. The summed E-state index contributed by atoms with van der Waals surface area (Å²) in [6.07, 6.45) is 4.62. The van der Waals surface area contributed by atoms with E-state index >= 15 is 0 Å². The van der Waals surface area contributed by atoms with Gasteiger partial charge in [-0.3, -0.25) is 9.59 Å². The number of rotatable bonds is 8. The van der Waals surface area contributed by atoms with Crippen LogP contribution >= 0.6 is 11.6 Å². The second kappa shape index (κ2) is 11.2. The van der Waals surface area contributed by atoms with Gasteiger partial charge in [-0.2, -0.15) is 0 Å². The number of hydrogen-bond acceptors (Lipinski definition) is 4. The molecule has 0 aromatic heterocycles. The van der Waals surface area contributed by atoms with Crippen LogP contribution in [0.5, 0.6) is 11.5 Å². The van der Waals surface area contributed by atoms with Gasteiger partial charge in [-0.25, -0.2) is 0 Å². The summed E-state index contributed by atoms with van der Waals surface area (Å²) < 4.78 is 11.2. The van der Waals surface area contributed by atoms with Crippen LogP contribution in [0.15, 0.2) is 48.5 Å². The molecule has 2 aromatic carbocycles. The number of amides is 1. The van der Waals surface area contributed by atoms with Gasteiger partial charge < -0.3 is 14.4 Å². The number of ether oxygens (including phenoxy) is 2. The summed E-state index contributed by atoms with van der Waals surface area (Å²) in [5.41, 5.74) is 1.50. The van der Waals surface area contributed by atoms with E-state index < -0.39 is 0 Å². The predicted molar refractivity (Wildman–Crippen MR) is 127 cm³/mol. The van der Waals surface area contributed by atoms with Gasteiger partial charge in [-0.05, 0) is 42.5 Å². The number of likely N-dealkylation sites (tertiary alicyclic amines) is 1. The van der Waals surface area contributed by atoms with E-state index in [9.17, 15) is 9.59 Å². The zero-order chi connectivity index (χ0) is 23.1. The number of piperidine rings is 1. The van der Waals surface area contributed by atoms with Crippen molar-refractivity contribution in [3.05, 3.63) is 64.7 Å². The van der Waals surface area contributed by atoms with E-state index in [1.54, 1.807) is 36.3 Å². The fourth-order valence-corrected chi connectivity index (χ4v) is 3.97. The third-order valence-corrected chi connectivity index (χ3v) is 5.75. The monoisotopic (exact) mass is 455 g/mol. The van der Waals surface area contributed by atoms with Crippen molar-refractivity contribution in [2.45, 2.75) is 26.7 Å². The van der Waals surface area contributed by atoms with Crippen LogP contribution in [0.25, 0.3) is 6.08 Å². The molecule has 1 aliphatic rings. The van der Waals surface area contributed by atoms with Crippen molar-refractivity contribution in [1.29, 1.82) is 0 Å². The summed E-state index contributed by atoms with van der Waals surface area (Å²) >= 11 is 6.39. The fraction of sp³-hybridized carbons (Fsp3) is 0.385. The van der Waals surface area contributed by atoms with Crippen molar-refractivity contribution in [3.63, 3.8) is 0 Å². The van der Waals surface area contributed by atoms with Gasteiger partial charge in [0.15, 0.2) is 17.3 Å². The lowest BCUT2D eigenvalue weighted by molar-refractivity contribution is -0.127. The van der Waals surface area contributed by atoms with Crippen LogP contribution in [0.1, 0.15) is 42.6 Å². The molecule has 1 heterocycles. The average Bonchev–Trinajstić information content (AvgIpc) is 2.81. The van der Waals surface area contributed by atoms with Gasteiger partial charge in [-0.15, -0.1) is 0 Å². The summed E-state index contributed by atoms with van der Waals surface area (Å²) in [6, 6.07) is 12.9. The van der Waals surface area contributed by atoms with Crippen LogP contribution in [0, 0.1) is 11.8 Å². The van der Waals surface area contributed by atoms with Crippen molar-refractivity contribution >= 4 is 29.4 Å². The van der Waals surface area contributed by atoms with Gasteiger partial charge in [0, 0.05) is 30.6 Å². The molecule has 32 heavy (non-hydrogen) atoms. The maximum atomic E-state index is 12.7. The van der Waals surface area contributed by atoms with E-state index in [2.05, 4.69) is 13.8 Å². The standard InChI is InChI=1S/C26H30ClNO4/c1-18(2)17-32-26-22(27)15-19(16-23(26)31-3)9-10-24(29)28-13-11-21(12-14-28)25(30)20-7-5-4-6-8-20/h4-10,15-16,18,21H,11-14,17H2,1-3H3/b10-9+. The van der Waals surface area contributed by atoms with E-state index in [1.165, 1.54) is 0 Å². The molecule has 0 saturated carbocycles. The van der Waals surface area contributed by atoms with E-state index in [1.807, 2.05) is 30.3 Å². The van der Waals surface area contributed by atoms with Crippen LogP contribution < -0.4 is 9.47 Å². The molecule has 1 saturated heterocycles. The molecule has 0 N–H and O–H groups in total. The van der Waals surface area contributed by atoms with E-state index in [0.29, 0.717) is 55.0 Å². The minimum atomic E-state index is -0.0779. The molecule has 0 atom stereocenters. The molecule has 0 radical (unpaired) electrons. The third-order valence-electron chi connectivity index (χ3n) is 5.47. The minimum Gasteiger partial charge on any atom is -0.493 e. The van der Waals surface area contributed by atoms with Crippen molar-refractivity contribution in [1.82, 2.24) is 4.90 Å². The number of halogens is 1. The first kappa shape index (κ1) is 23.9. The van der Waals surface area contributed by atoms with Crippen molar-refractivity contribution in [2.24, 2.45) is 11.8 Å². The number of hydrogen-bond donors (Lipinski definition) is 0. The Balaban J connectivity index is 1.60. The first-order valence-electron chi connectivity index (χ1n) is 11.0. The number of nitrogens with zero attached hydrogens (tertiary/aromatic N) is 1. The Bertz CT molecular complexity index is 963. The molecule has 0 spiro atoms. The highest BCUT2D eigenvalue weighted by Gasteiger charge is 2.27. The number of ketones is 1.